The van der Waals surface area contributed by atoms with Crippen molar-refractivity contribution in [2.75, 3.05) is 26.1 Å². The van der Waals surface area contributed by atoms with Gasteiger partial charge >= 0.3 is 6.09 Å². The Balaban J connectivity index is 2.08. The number of hydrogen-bond acceptors (Lipinski definition) is 6. The van der Waals surface area contributed by atoms with Crippen LogP contribution in [0.3, 0.4) is 0 Å². The molecule has 0 aliphatic carbocycles. The molecule has 3 rings (SSSR count). The Bertz CT molecular complexity index is 817. The molecule has 0 spiro atoms. The number of anilines is 1. The van der Waals surface area contributed by atoms with E-state index in [1.54, 1.807) is 7.11 Å². The van der Waals surface area contributed by atoms with Gasteiger partial charge in [0.2, 0.25) is 0 Å². The van der Waals surface area contributed by atoms with Gasteiger partial charge in [-0.1, -0.05) is 12.1 Å². The van der Waals surface area contributed by atoms with Crippen molar-refractivity contribution in [2.45, 2.75) is 45.1 Å². The highest BCUT2D eigenvalue weighted by Crippen LogP contribution is 2.37. The summed E-state index contributed by atoms with van der Waals surface area (Å²) in [5, 5.41) is 4.54. The largest absolute Gasteiger partial charge is 0.497 e. The van der Waals surface area contributed by atoms with E-state index in [0.29, 0.717) is 36.0 Å². The van der Waals surface area contributed by atoms with Gasteiger partial charge in [0.15, 0.2) is 0 Å². The van der Waals surface area contributed by atoms with Crippen LogP contribution in [0, 0.1) is 0 Å². The highest BCUT2D eigenvalue weighted by molar-refractivity contribution is 5.81. The summed E-state index contributed by atoms with van der Waals surface area (Å²) in [5.74, 6) is 0.796. The zero-order valence-electron chi connectivity index (χ0n) is 16.3. The van der Waals surface area contributed by atoms with E-state index in [0.717, 1.165) is 18.4 Å². The molecule has 1 aromatic heterocycles. The number of carbonyl (C=O) groups excluding carboxylic acids is 1. The maximum atomic E-state index is 12.8. The lowest BCUT2D eigenvalue weighted by Gasteiger charge is -2.24. The first-order valence-corrected chi connectivity index (χ1v) is 9.14. The molecule has 0 amide bonds. The number of nitrogen functional groups attached to an aromatic ring is 1. The van der Waals surface area contributed by atoms with Crippen LogP contribution in [-0.2, 0) is 9.47 Å². The zero-order chi connectivity index (χ0) is 19.6. The molecule has 1 saturated heterocycles. The predicted octanol–water partition coefficient (Wildman–Crippen LogP) is 3.82. The first kappa shape index (κ1) is 19.2. The maximum Gasteiger partial charge on any atom is 0.435 e. The number of hydrogen-bond donors (Lipinski definition) is 1. The Morgan fingerprint density at radius 1 is 1.30 bits per heavy atom. The lowest BCUT2D eigenvalue weighted by molar-refractivity contribution is 0.0491. The smallest absolute Gasteiger partial charge is 0.435 e. The molecular weight excluding hydrogens is 346 g/mol. The molecule has 27 heavy (non-hydrogen) atoms. The molecule has 2 heterocycles. The number of ether oxygens (including phenoxy) is 3. The molecule has 146 valence electrons. The van der Waals surface area contributed by atoms with Crippen molar-refractivity contribution in [3.05, 3.63) is 30.0 Å². The quantitative estimate of drug-likeness (QED) is 0.880. The maximum absolute atomic E-state index is 12.8. The van der Waals surface area contributed by atoms with Crippen LogP contribution in [0.1, 0.15) is 45.2 Å². The Kier molecular flexibility index (Phi) is 5.41. The van der Waals surface area contributed by atoms with Crippen molar-refractivity contribution in [3.63, 3.8) is 0 Å². The summed E-state index contributed by atoms with van der Waals surface area (Å²) < 4.78 is 17.6. The minimum Gasteiger partial charge on any atom is -0.497 e. The van der Waals surface area contributed by atoms with E-state index in [1.807, 2.05) is 45.0 Å². The van der Waals surface area contributed by atoms with Crippen LogP contribution in [0.5, 0.6) is 5.75 Å². The van der Waals surface area contributed by atoms with Crippen molar-refractivity contribution < 1.29 is 19.0 Å². The summed E-state index contributed by atoms with van der Waals surface area (Å²) in [6.45, 7) is 6.76. The summed E-state index contributed by atoms with van der Waals surface area (Å²) in [6, 6.07) is 7.47. The molecule has 1 aliphatic rings. The van der Waals surface area contributed by atoms with Gasteiger partial charge < -0.3 is 19.9 Å². The molecule has 2 aromatic rings. The summed E-state index contributed by atoms with van der Waals surface area (Å²) in [7, 11) is 1.61. The van der Waals surface area contributed by atoms with E-state index < -0.39 is 11.7 Å². The number of rotatable bonds is 3. The molecule has 0 saturated carbocycles. The molecule has 2 N–H and O–H groups in total. The predicted molar refractivity (Wildman–Crippen MR) is 103 cm³/mol. The van der Waals surface area contributed by atoms with E-state index >= 15 is 0 Å². The minimum atomic E-state index is -0.624. The van der Waals surface area contributed by atoms with Crippen molar-refractivity contribution in [2.24, 2.45) is 0 Å². The fraction of sp³-hybridized carbons (Fsp3) is 0.500. The van der Waals surface area contributed by atoms with Crippen LogP contribution in [0.4, 0.5) is 10.5 Å². The van der Waals surface area contributed by atoms with Crippen LogP contribution in [0.2, 0.25) is 0 Å². The van der Waals surface area contributed by atoms with Crippen LogP contribution < -0.4 is 10.5 Å². The summed E-state index contributed by atoms with van der Waals surface area (Å²) >= 11 is 0. The number of nitrogens with zero attached hydrogens (tertiary/aromatic N) is 2. The van der Waals surface area contributed by atoms with Gasteiger partial charge in [-0.2, -0.15) is 9.78 Å². The Hall–Kier alpha value is -2.54. The number of nitrogens with two attached hydrogens (primary N) is 1. The Morgan fingerprint density at radius 3 is 2.63 bits per heavy atom. The Morgan fingerprint density at radius 2 is 2.00 bits per heavy atom. The molecule has 0 unspecified atom stereocenters. The molecular formula is C20H27N3O4. The molecule has 1 aliphatic heterocycles. The lowest BCUT2D eigenvalue weighted by Crippen LogP contribution is -2.30. The Labute approximate surface area is 159 Å². The third-order valence-electron chi connectivity index (χ3n) is 4.48. The normalized spacial score (nSPS) is 15.6. The van der Waals surface area contributed by atoms with E-state index in [4.69, 9.17) is 19.9 Å². The fourth-order valence-electron chi connectivity index (χ4n) is 3.23. The minimum absolute atomic E-state index is 0.0955. The van der Waals surface area contributed by atoms with Gasteiger partial charge in [-0.05, 0) is 45.7 Å². The van der Waals surface area contributed by atoms with Crippen LogP contribution in [-0.4, -0.2) is 41.8 Å². The average Bonchev–Trinajstić information content (AvgIpc) is 2.98. The van der Waals surface area contributed by atoms with Crippen molar-refractivity contribution in [1.29, 1.82) is 0 Å². The number of carbonyl (C=O) groups is 1. The van der Waals surface area contributed by atoms with Gasteiger partial charge in [0, 0.05) is 24.7 Å². The molecule has 7 heteroatoms. The van der Waals surface area contributed by atoms with E-state index in [-0.39, 0.29) is 5.92 Å². The monoisotopic (exact) mass is 373 g/mol. The van der Waals surface area contributed by atoms with E-state index in [9.17, 15) is 4.79 Å². The molecule has 1 fully saturated rings. The third kappa shape index (κ3) is 4.24. The van der Waals surface area contributed by atoms with Gasteiger partial charge in [0.25, 0.3) is 0 Å². The highest BCUT2D eigenvalue weighted by Gasteiger charge is 2.30. The van der Waals surface area contributed by atoms with Gasteiger partial charge in [-0.25, -0.2) is 4.79 Å². The third-order valence-corrected chi connectivity index (χ3v) is 4.48. The molecule has 0 atom stereocenters. The second-order valence-electron chi connectivity index (χ2n) is 7.66. The second kappa shape index (κ2) is 7.60. The summed E-state index contributed by atoms with van der Waals surface area (Å²) in [6.07, 6.45) is 1.05. The lowest BCUT2D eigenvalue weighted by atomic mass is 9.94. The summed E-state index contributed by atoms with van der Waals surface area (Å²) in [5.41, 5.74) is 8.41. The fourth-order valence-corrected chi connectivity index (χ4v) is 3.23. The van der Waals surface area contributed by atoms with Crippen molar-refractivity contribution in [3.8, 4) is 17.0 Å². The van der Waals surface area contributed by atoms with Crippen molar-refractivity contribution >= 4 is 11.8 Å². The molecule has 0 radical (unpaired) electrons. The van der Waals surface area contributed by atoms with Gasteiger partial charge in [0.05, 0.1) is 18.5 Å². The second-order valence-corrected chi connectivity index (χ2v) is 7.66. The van der Waals surface area contributed by atoms with Gasteiger partial charge in [0.1, 0.15) is 17.0 Å². The van der Waals surface area contributed by atoms with Crippen molar-refractivity contribution in [1.82, 2.24) is 9.78 Å². The molecule has 0 bridgehead atoms. The number of aromatic nitrogens is 2. The molecule has 1 aromatic carbocycles. The molecule has 7 nitrogen and oxygen atoms in total. The number of benzene rings is 1. The SMILES string of the molecule is COc1cccc(-c2nn(C(=O)OC(C)(C)C)c(C3CCOCC3)c2N)c1. The van der Waals surface area contributed by atoms with Crippen LogP contribution >= 0.6 is 0 Å². The van der Waals surface area contributed by atoms with Gasteiger partial charge in [-0.3, -0.25) is 0 Å². The first-order chi connectivity index (χ1) is 12.8. The standard InChI is InChI=1S/C20H27N3O4/c1-20(2,3)27-19(24)23-18(13-8-10-26-11-9-13)16(21)17(22-23)14-6-5-7-15(12-14)25-4/h5-7,12-13H,8-11,21H2,1-4H3. The zero-order valence-corrected chi connectivity index (χ0v) is 16.3. The van der Waals surface area contributed by atoms with E-state index in [1.165, 1.54) is 4.68 Å². The average molecular weight is 373 g/mol. The first-order valence-electron chi connectivity index (χ1n) is 9.14. The van der Waals surface area contributed by atoms with Crippen LogP contribution in [0.15, 0.2) is 24.3 Å². The highest BCUT2D eigenvalue weighted by atomic mass is 16.6. The van der Waals surface area contributed by atoms with Gasteiger partial charge in [-0.15, -0.1) is 0 Å². The topological polar surface area (TPSA) is 88.6 Å². The summed E-state index contributed by atoms with van der Waals surface area (Å²) in [4.78, 5) is 12.8. The van der Waals surface area contributed by atoms with Crippen LogP contribution in [0.25, 0.3) is 11.3 Å². The number of methoxy groups -OCH3 is 1. The van der Waals surface area contributed by atoms with E-state index in [2.05, 4.69) is 5.10 Å².